The third-order valence-corrected chi connectivity index (χ3v) is 5.25. The van der Waals surface area contributed by atoms with Gasteiger partial charge < -0.3 is 14.6 Å². The van der Waals surface area contributed by atoms with E-state index in [1.54, 1.807) is 17.0 Å². The van der Waals surface area contributed by atoms with Crippen LogP contribution in [0.1, 0.15) is 45.0 Å². The number of nitrogens with one attached hydrogen (secondary N) is 1. The number of piperidine rings is 1. The summed E-state index contributed by atoms with van der Waals surface area (Å²) >= 11 is 0. The Morgan fingerprint density at radius 1 is 1.14 bits per heavy atom. The number of fused-ring (bicyclic) bond motifs is 1. The van der Waals surface area contributed by atoms with E-state index in [1.165, 1.54) is 6.26 Å². The van der Waals surface area contributed by atoms with Crippen molar-refractivity contribution >= 4 is 22.7 Å². The van der Waals surface area contributed by atoms with Gasteiger partial charge in [0.1, 0.15) is 0 Å². The van der Waals surface area contributed by atoms with E-state index in [1.807, 2.05) is 38.1 Å². The average molecular weight is 377 g/mol. The highest BCUT2D eigenvalue weighted by molar-refractivity contribution is 5.99. The molecule has 6 heteroatoms. The third kappa shape index (κ3) is 3.63. The van der Waals surface area contributed by atoms with Gasteiger partial charge in [-0.1, -0.05) is 11.6 Å². The Hall–Kier alpha value is -3.15. The standard InChI is InChI=1S/C22H23N3O3/c1-14-5-6-19-16(12-14)13-18(15(2)23-19)21(26)24-17-7-9-25(10-8-17)22(27)20-4-3-11-28-20/h3-6,11-13,17H,7-10H2,1-2H3,(H,24,26). The molecule has 0 unspecified atom stereocenters. The predicted octanol–water partition coefficient (Wildman–Crippen LogP) is 3.48. The summed E-state index contributed by atoms with van der Waals surface area (Å²) < 4.78 is 5.19. The minimum Gasteiger partial charge on any atom is -0.459 e. The van der Waals surface area contributed by atoms with Crippen LogP contribution < -0.4 is 5.32 Å². The Labute approximate surface area is 163 Å². The van der Waals surface area contributed by atoms with Gasteiger partial charge in [-0.05, 0) is 57.0 Å². The lowest BCUT2D eigenvalue weighted by Crippen LogP contribution is -2.46. The molecule has 0 aliphatic carbocycles. The number of hydrogen-bond donors (Lipinski definition) is 1. The second-order valence-corrected chi connectivity index (χ2v) is 7.33. The van der Waals surface area contributed by atoms with Crippen molar-refractivity contribution in [3.05, 3.63) is 65.2 Å². The molecule has 0 saturated carbocycles. The van der Waals surface area contributed by atoms with Crippen LogP contribution in [0.25, 0.3) is 10.9 Å². The highest BCUT2D eigenvalue weighted by Crippen LogP contribution is 2.19. The number of carbonyl (C=O) groups excluding carboxylic acids is 2. The first kappa shape index (κ1) is 18.2. The van der Waals surface area contributed by atoms with Crippen molar-refractivity contribution in [3.8, 4) is 0 Å². The monoisotopic (exact) mass is 377 g/mol. The molecular weight excluding hydrogens is 354 g/mol. The molecule has 2 amide bonds. The summed E-state index contributed by atoms with van der Waals surface area (Å²) in [5, 5.41) is 4.08. The molecule has 0 atom stereocenters. The topological polar surface area (TPSA) is 75.4 Å². The molecule has 6 nitrogen and oxygen atoms in total. The first-order valence-electron chi connectivity index (χ1n) is 9.53. The van der Waals surface area contributed by atoms with Crippen molar-refractivity contribution in [2.24, 2.45) is 0 Å². The largest absolute Gasteiger partial charge is 0.459 e. The second-order valence-electron chi connectivity index (χ2n) is 7.33. The lowest BCUT2D eigenvalue weighted by atomic mass is 10.0. The number of hydrogen-bond acceptors (Lipinski definition) is 4. The van der Waals surface area contributed by atoms with Gasteiger partial charge in [-0.15, -0.1) is 0 Å². The number of rotatable bonds is 3. The van der Waals surface area contributed by atoms with Crippen LogP contribution in [0.4, 0.5) is 0 Å². The Bertz CT molecular complexity index is 1020. The zero-order valence-corrected chi connectivity index (χ0v) is 16.1. The quantitative estimate of drug-likeness (QED) is 0.758. The molecule has 144 valence electrons. The summed E-state index contributed by atoms with van der Waals surface area (Å²) in [6.07, 6.45) is 2.94. The molecule has 2 aromatic heterocycles. The van der Waals surface area contributed by atoms with Crippen molar-refractivity contribution in [1.82, 2.24) is 15.2 Å². The highest BCUT2D eigenvalue weighted by Gasteiger charge is 2.26. The molecule has 1 N–H and O–H groups in total. The van der Waals surface area contributed by atoms with Crippen LogP contribution in [0.3, 0.4) is 0 Å². The van der Waals surface area contributed by atoms with Crippen LogP contribution in [0.5, 0.6) is 0 Å². The molecule has 1 saturated heterocycles. The van der Waals surface area contributed by atoms with E-state index in [0.29, 0.717) is 24.4 Å². The summed E-state index contributed by atoms with van der Waals surface area (Å²) in [7, 11) is 0. The van der Waals surface area contributed by atoms with Crippen molar-refractivity contribution in [1.29, 1.82) is 0 Å². The van der Waals surface area contributed by atoms with Gasteiger partial charge in [-0.25, -0.2) is 0 Å². The minimum absolute atomic E-state index is 0.0424. The van der Waals surface area contributed by atoms with Gasteiger partial charge in [0.15, 0.2) is 5.76 Å². The number of pyridine rings is 1. The maximum atomic E-state index is 12.8. The minimum atomic E-state index is -0.107. The number of aromatic nitrogens is 1. The van der Waals surface area contributed by atoms with Crippen molar-refractivity contribution in [3.63, 3.8) is 0 Å². The Kier molecular flexibility index (Phi) is 4.86. The molecule has 1 aromatic carbocycles. The van der Waals surface area contributed by atoms with E-state index in [4.69, 9.17) is 4.42 Å². The number of aryl methyl sites for hydroxylation is 2. The van der Waals surface area contributed by atoms with Gasteiger partial charge in [-0.3, -0.25) is 14.6 Å². The molecule has 0 spiro atoms. The van der Waals surface area contributed by atoms with Crippen LogP contribution >= 0.6 is 0 Å². The molecule has 1 aliphatic heterocycles. The van der Waals surface area contributed by atoms with Gasteiger partial charge in [0.05, 0.1) is 23.0 Å². The molecule has 4 rings (SSSR count). The third-order valence-electron chi connectivity index (χ3n) is 5.25. The summed E-state index contributed by atoms with van der Waals surface area (Å²) in [4.78, 5) is 31.5. The molecule has 0 bridgehead atoms. The first-order valence-corrected chi connectivity index (χ1v) is 9.53. The van der Waals surface area contributed by atoms with Gasteiger partial charge in [0, 0.05) is 24.5 Å². The van der Waals surface area contributed by atoms with Crippen molar-refractivity contribution in [2.75, 3.05) is 13.1 Å². The fraction of sp³-hybridized carbons (Fsp3) is 0.318. The summed E-state index contributed by atoms with van der Waals surface area (Å²) in [6, 6.07) is 11.4. The lowest BCUT2D eigenvalue weighted by Gasteiger charge is -2.32. The number of nitrogens with zero attached hydrogens (tertiary/aromatic N) is 2. The van der Waals surface area contributed by atoms with E-state index in [-0.39, 0.29) is 17.9 Å². The molecular formula is C22H23N3O3. The van der Waals surface area contributed by atoms with Gasteiger partial charge in [0.25, 0.3) is 11.8 Å². The Morgan fingerprint density at radius 2 is 1.93 bits per heavy atom. The summed E-state index contributed by atoms with van der Waals surface area (Å²) in [5.74, 6) is 0.152. The van der Waals surface area contributed by atoms with Crippen molar-refractivity contribution in [2.45, 2.75) is 32.7 Å². The van der Waals surface area contributed by atoms with Crippen LogP contribution in [-0.2, 0) is 0 Å². The Balaban J connectivity index is 1.41. The zero-order valence-electron chi connectivity index (χ0n) is 16.1. The summed E-state index contributed by atoms with van der Waals surface area (Å²) in [6.45, 7) is 5.08. The van der Waals surface area contributed by atoms with Crippen LogP contribution in [0.2, 0.25) is 0 Å². The van der Waals surface area contributed by atoms with E-state index in [2.05, 4.69) is 10.3 Å². The van der Waals surface area contributed by atoms with E-state index < -0.39 is 0 Å². The molecule has 1 aliphatic rings. The second kappa shape index (κ2) is 7.46. The van der Waals surface area contributed by atoms with Crippen molar-refractivity contribution < 1.29 is 14.0 Å². The number of carbonyl (C=O) groups is 2. The van der Waals surface area contributed by atoms with E-state index in [0.717, 1.165) is 35.0 Å². The smallest absolute Gasteiger partial charge is 0.289 e. The molecule has 3 heterocycles. The van der Waals surface area contributed by atoms with Gasteiger partial charge >= 0.3 is 0 Å². The lowest BCUT2D eigenvalue weighted by molar-refractivity contribution is 0.0667. The summed E-state index contributed by atoms with van der Waals surface area (Å²) in [5.41, 5.74) is 3.36. The van der Waals surface area contributed by atoms with Gasteiger partial charge in [0.2, 0.25) is 0 Å². The fourth-order valence-corrected chi connectivity index (χ4v) is 3.67. The normalized spacial score (nSPS) is 15.0. The van der Waals surface area contributed by atoms with E-state index >= 15 is 0 Å². The number of amides is 2. The Morgan fingerprint density at radius 3 is 2.64 bits per heavy atom. The zero-order chi connectivity index (χ0) is 19.7. The average Bonchev–Trinajstić information content (AvgIpc) is 3.22. The van der Waals surface area contributed by atoms with Crippen LogP contribution in [0.15, 0.2) is 47.1 Å². The predicted molar refractivity (Wildman–Crippen MR) is 106 cm³/mol. The molecule has 1 fully saturated rings. The number of likely N-dealkylation sites (tertiary alicyclic amines) is 1. The number of furan rings is 1. The maximum Gasteiger partial charge on any atom is 0.289 e. The SMILES string of the molecule is Cc1ccc2nc(C)c(C(=O)NC3CCN(C(=O)c4ccco4)CC3)cc2c1. The molecule has 28 heavy (non-hydrogen) atoms. The number of benzene rings is 1. The first-order chi connectivity index (χ1) is 13.5. The molecule has 3 aromatic rings. The van der Waals surface area contributed by atoms with Gasteiger partial charge in [-0.2, -0.15) is 0 Å². The van der Waals surface area contributed by atoms with Crippen LogP contribution in [0, 0.1) is 13.8 Å². The van der Waals surface area contributed by atoms with Crippen LogP contribution in [-0.4, -0.2) is 40.8 Å². The highest BCUT2D eigenvalue weighted by atomic mass is 16.3. The fourth-order valence-electron chi connectivity index (χ4n) is 3.67. The van der Waals surface area contributed by atoms with E-state index in [9.17, 15) is 9.59 Å². The maximum absolute atomic E-state index is 12.8. The molecule has 0 radical (unpaired) electrons.